The maximum absolute atomic E-state index is 9.20. The van der Waals surface area contributed by atoms with Gasteiger partial charge in [-0.15, -0.1) is 11.8 Å². The fourth-order valence-electron chi connectivity index (χ4n) is 2.87. The van der Waals surface area contributed by atoms with Gasteiger partial charge in [0.15, 0.2) is 0 Å². The van der Waals surface area contributed by atoms with Crippen molar-refractivity contribution in [2.75, 3.05) is 6.26 Å². The Hall–Kier alpha value is -1.51. The number of allylic oxidation sites excluding steroid dienone is 2. The summed E-state index contributed by atoms with van der Waals surface area (Å²) < 4.78 is 0. The van der Waals surface area contributed by atoms with Crippen LogP contribution >= 0.6 is 11.8 Å². The fraction of sp³-hybridized carbons (Fsp3) is 0.263. The van der Waals surface area contributed by atoms with Gasteiger partial charge in [0.25, 0.3) is 0 Å². The summed E-state index contributed by atoms with van der Waals surface area (Å²) in [5, 5.41) is 9.20. The van der Waals surface area contributed by atoms with E-state index in [1.807, 2.05) is 12.1 Å². The molecule has 0 fully saturated rings. The molecular formula is C19H20OS. The van der Waals surface area contributed by atoms with E-state index in [4.69, 9.17) is 0 Å². The second-order valence-corrected chi connectivity index (χ2v) is 6.27. The van der Waals surface area contributed by atoms with Crippen molar-refractivity contribution in [1.29, 1.82) is 0 Å². The van der Waals surface area contributed by atoms with Crippen molar-refractivity contribution in [3.05, 3.63) is 59.7 Å². The molecule has 1 nitrogen and oxygen atoms in total. The highest BCUT2D eigenvalue weighted by Crippen LogP contribution is 2.37. The molecule has 1 N–H and O–H groups in total. The molecule has 0 radical (unpaired) electrons. The van der Waals surface area contributed by atoms with Crippen molar-refractivity contribution >= 4 is 17.3 Å². The molecule has 1 aliphatic carbocycles. The van der Waals surface area contributed by atoms with Gasteiger partial charge in [-0.25, -0.2) is 0 Å². The number of rotatable bonds is 4. The normalized spacial score (nSPS) is 14.3. The van der Waals surface area contributed by atoms with Gasteiger partial charge < -0.3 is 5.11 Å². The molecule has 0 aliphatic heterocycles. The molecule has 0 spiro atoms. The smallest absolute Gasteiger partial charge is 0.0681 e. The Balaban J connectivity index is 2.08. The van der Waals surface area contributed by atoms with Crippen LogP contribution in [0.4, 0.5) is 0 Å². The van der Waals surface area contributed by atoms with Gasteiger partial charge in [-0.05, 0) is 65.5 Å². The van der Waals surface area contributed by atoms with Crippen molar-refractivity contribution < 1.29 is 5.11 Å². The largest absolute Gasteiger partial charge is 0.392 e. The molecule has 0 amide bonds. The Morgan fingerprint density at radius 2 is 1.86 bits per heavy atom. The van der Waals surface area contributed by atoms with E-state index in [1.165, 1.54) is 46.4 Å². The van der Waals surface area contributed by atoms with Crippen LogP contribution in [0.3, 0.4) is 0 Å². The van der Waals surface area contributed by atoms with E-state index in [9.17, 15) is 5.11 Å². The molecular weight excluding hydrogens is 276 g/mol. The number of hydrogen-bond donors (Lipinski definition) is 1. The first-order chi connectivity index (χ1) is 10.3. The maximum Gasteiger partial charge on any atom is 0.0681 e. The minimum Gasteiger partial charge on any atom is -0.392 e. The average molecular weight is 296 g/mol. The Morgan fingerprint density at radius 1 is 1.05 bits per heavy atom. The number of thioether (sulfide) groups is 1. The molecule has 0 aromatic heterocycles. The third-order valence-corrected chi connectivity index (χ3v) is 4.79. The van der Waals surface area contributed by atoms with Crippen LogP contribution in [0.2, 0.25) is 0 Å². The van der Waals surface area contributed by atoms with Crippen LogP contribution in [0.1, 0.15) is 30.4 Å². The third kappa shape index (κ3) is 3.07. The first-order valence-electron chi connectivity index (χ1n) is 7.39. The lowest BCUT2D eigenvalue weighted by Crippen LogP contribution is -1.90. The van der Waals surface area contributed by atoms with Gasteiger partial charge in [0.1, 0.15) is 0 Å². The molecule has 1 aliphatic rings. The highest BCUT2D eigenvalue weighted by Gasteiger charge is 2.13. The van der Waals surface area contributed by atoms with E-state index in [-0.39, 0.29) is 6.61 Å². The summed E-state index contributed by atoms with van der Waals surface area (Å²) >= 11 is 1.78. The SMILES string of the molecule is CSc1ccc(C2=CCCC2)c(-c2ccc(CO)cc2)c1. The minimum atomic E-state index is 0.100. The lowest BCUT2D eigenvalue weighted by atomic mass is 9.93. The minimum absolute atomic E-state index is 0.100. The Morgan fingerprint density at radius 3 is 2.48 bits per heavy atom. The summed E-state index contributed by atoms with van der Waals surface area (Å²) in [7, 11) is 0. The lowest BCUT2D eigenvalue weighted by molar-refractivity contribution is 0.282. The van der Waals surface area contributed by atoms with Crippen molar-refractivity contribution in [2.45, 2.75) is 30.8 Å². The zero-order valence-corrected chi connectivity index (χ0v) is 13.1. The quantitative estimate of drug-likeness (QED) is 0.789. The first kappa shape index (κ1) is 14.4. The van der Waals surface area contributed by atoms with Crippen LogP contribution in [0.5, 0.6) is 0 Å². The monoisotopic (exact) mass is 296 g/mol. The van der Waals surface area contributed by atoms with Gasteiger partial charge in [0.05, 0.1) is 6.61 Å². The van der Waals surface area contributed by atoms with E-state index in [2.05, 4.69) is 42.7 Å². The number of benzene rings is 2. The summed E-state index contributed by atoms with van der Waals surface area (Å²) in [4.78, 5) is 1.29. The van der Waals surface area contributed by atoms with E-state index in [1.54, 1.807) is 11.8 Å². The fourth-order valence-corrected chi connectivity index (χ4v) is 3.31. The summed E-state index contributed by atoms with van der Waals surface area (Å²) in [6.07, 6.45) is 8.13. The van der Waals surface area contributed by atoms with E-state index in [0.29, 0.717) is 0 Å². The van der Waals surface area contributed by atoms with Gasteiger partial charge in [-0.3, -0.25) is 0 Å². The number of aliphatic hydroxyl groups excluding tert-OH is 1. The molecule has 0 unspecified atom stereocenters. The van der Waals surface area contributed by atoms with Gasteiger partial charge in [-0.1, -0.05) is 36.4 Å². The standard InChI is InChI=1S/C19H20OS/c1-21-17-10-11-18(15-4-2-3-5-15)19(12-17)16-8-6-14(13-20)7-9-16/h4,6-12,20H,2-3,5,13H2,1H3. The van der Waals surface area contributed by atoms with Crippen molar-refractivity contribution in [1.82, 2.24) is 0 Å². The highest BCUT2D eigenvalue weighted by molar-refractivity contribution is 7.98. The highest BCUT2D eigenvalue weighted by atomic mass is 32.2. The van der Waals surface area contributed by atoms with Crippen LogP contribution in [-0.2, 0) is 6.61 Å². The van der Waals surface area contributed by atoms with Gasteiger partial charge >= 0.3 is 0 Å². The zero-order chi connectivity index (χ0) is 14.7. The van der Waals surface area contributed by atoms with E-state index < -0.39 is 0 Å². The van der Waals surface area contributed by atoms with Crippen LogP contribution in [0.15, 0.2) is 53.4 Å². The summed E-state index contributed by atoms with van der Waals surface area (Å²) in [6.45, 7) is 0.100. The van der Waals surface area contributed by atoms with Gasteiger partial charge in [0.2, 0.25) is 0 Å². The topological polar surface area (TPSA) is 20.2 Å². The van der Waals surface area contributed by atoms with Crippen LogP contribution < -0.4 is 0 Å². The lowest BCUT2D eigenvalue weighted by Gasteiger charge is -2.13. The van der Waals surface area contributed by atoms with Crippen LogP contribution in [-0.4, -0.2) is 11.4 Å². The van der Waals surface area contributed by atoms with Gasteiger partial charge in [-0.2, -0.15) is 0 Å². The van der Waals surface area contributed by atoms with Crippen molar-refractivity contribution in [3.63, 3.8) is 0 Å². The molecule has 0 atom stereocenters. The molecule has 0 heterocycles. The summed E-state index contributed by atoms with van der Waals surface area (Å²) in [5.41, 5.74) is 6.33. The average Bonchev–Trinajstić information content (AvgIpc) is 3.08. The van der Waals surface area contributed by atoms with Crippen LogP contribution in [0.25, 0.3) is 16.7 Å². The number of aliphatic hydroxyl groups is 1. The third-order valence-electron chi connectivity index (χ3n) is 4.06. The molecule has 2 heteroatoms. The van der Waals surface area contributed by atoms with E-state index >= 15 is 0 Å². The predicted octanol–water partition coefficient (Wildman–Crippen LogP) is 5.14. The molecule has 2 aromatic rings. The Labute approximate surface area is 130 Å². The van der Waals surface area contributed by atoms with Gasteiger partial charge in [0, 0.05) is 4.90 Å². The molecule has 2 aromatic carbocycles. The predicted molar refractivity (Wildman–Crippen MR) is 91.4 cm³/mol. The van der Waals surface area contributed by atoms with Crippen molar-refractivity contribution in [2.24, 2.45) is 0 Å². The summed E-state index contributed by atoms with van der Waals surface area (Å²) in [6, 6.07) is 15.0. The molecule has 108 valence electrons. The Kier molecular flexibility index (Phi) is 4.47. The zero-order valence-electron chi connectivity index (χ0n) is 12.3. The second kappa shape index (κ2) is 6.50. The molecule has 0 saturated heterocycles. The molecule has 0 saturated carbocycles. The van der Waals surface area contributed by atoms with E-state index in [0.717, 1.165) is 5.56 Å². The summed E-state index contributed by atoms with van der Waals surface area (Å²) in [5.74, 6) is 0. The maximum atomic E-state index is 9.20. The second-order valence-electron chi connectivity index (χ2n) is 5.39. The molecule has 21 heavy (non-hydrogen) atoms. The molecule has 3 rings (SSSR count). The Bertz CT molecular complexity index is 656. The number of hydrogen-bond acceptors (Lipinski definition) is 2. The first-order valence-corrected chi connectivity index (χ1v) is 8.62. The molecule has 0 bridgehead atoms. The van der Waals surface area contributed by atoms with Crippen LogP contribution in [0, 0.1) is 0 Å². The van der Waals surface area contributed by atoms with Crippen molar-refractivity contribution in [3.8, 4) is 11.1 Å².